The van der Waals surface area contributed by atoms with Crippen molar-refractivity contribution in [3.05, 3.63) is 12.2 Å². The van der Waals surface area contributed by atoms with E-state index in [1.165, 1.54) is 154 Å². The van der Waals surface area contributed by atoms with Crippen molar-refractivity contribution in [2.75, 3.05) is 26.4 Å². The summed E-state index contributed by atoms with van der Waals surface area (Å²) in [6.07, 6.45) is 19.2. The summed E-state index contributed by atoms with van der Waals surface area (Å²) in [6, 6.07) is -2.53. The molecule has 3 aliphatic rings. The van der Waals surface area contributed by atoms with Crippen molar-refractivity contribution >= 4 is 17.8 Å². The van der Waals surface area contributed by atoms with Crippen molar-refractivity contribution in [3.63, 3.8) is 0 Å². The van der Waals surface area contributed by atoms with Crippen LogP contribution in [0.1, 0.15) is 271 Å². The van der Waals surface area contributed by atoms with Crippen LogP contribution in [0.25, 0.3) is 0 Å². The third-order valence-corrected chi connectivity index (χ3v) is 18.5. The number of hydrogen-bond acceptors (Lipinski definition) is 20. The Morgan fingerprint density at radius 3 is 1.47 bits per heavy atom. The molecule has 0 aromatic heterocycles. The van der Waals surface area contributed by atoms with Crippen LogP contribution in [-0.4, -0.2) is 215 Å². The van der Waals surface area contributed by atoms with Gasteiger partial charge in [-0.3, -0.25) is 9.59 Å². The molecule has 23 nitrogen and oxygen atoms in total. The van der Waals surface area contributed by atoms with Crippen LogP contribution in [0.3, 0.4) is 0 Å². The summed E-state index contributed by atoms with van der Waals surface area (Å²) >= 11 is 0. The SMILES string of the molecule is CCCCCCCCC/C=C\CCCCCCCC(=O)NC(COC1OC(CO)C(OC2OC(CO)C(O)C(OC3(C(=O)O)CC(O)C(NC(C)=O)C(C(O)C(O)CO)O3)C2O)C(O)C1O)C(O)CCCCCCCCCCCCCCCCCCCCCCCC. The van der Waals surface area contributed by atoms with E-state index in [-0.39, 0.29) is 18.9 Å². The highest BCUT2D eigenvalue weighted by molar-refractivity contribution is 5.77. The predicted molar refractivity (Wildman–Crippen MR) is 348 cm³/mol. The Bertz CT molecular complexity index is 1910. The molecule has 92 heavy (non-hydrogen) atoms. The average Bonchev–Trinajstić information content (AvgIpc) is 0.767. The van der Waals surface area contributed by atoms with E-state index in [2.05, 4.69) is 36.6 Å². The number of ether oxygens (including phenoxy) is 6. The predicted octanol–water partition coefficient (Wildman–Crippen LogP) is 7.07. The molecule has 14 N–H and O–H groups in total. The summed E-state index contributed by atoms with van der Waals surface area (Å²) in [6.45, 7) is 2.21. The molecule has 540 valence electrons. The highest BCUT2D eigenvalue weighted by Crippen LogP contribution is 2.39. The Hall–Kier alpha value is -2.53. The quantitative estimate of drug-likeness (QED) is 0.0214. The maximum atomic E-state index is 13.5. The lowest BCUT2D eigenvalue weighted by Gasteiger charge is -2.50. The minimum absolute atomic E-state index is 0.215. The molecule has 18 atom stereocenters. The molecular formula is C69H128N2O21. The molecule has 0 spiro atoms. The molecule has 0 radical (unpaired) electrons. The fraction of sp³-hybridized carbons (Fsp3) is 0.928. The molecule has 0 bridgehead atoms. The van der Waals surface area contributed by atoms with Gasteiger partial charge in [-0.2, -0.15) is 0 Å². The maximum Gasteiger partial charge on any atom is 0.364 e. The summed E-state index contributed by atoms with van der Waals surface area (Å²) < 4.78 is 34.9. The van der Waals surface area contributed by atoms with E-state index in [0.717, 1.165) is 71.1 Å². The number of hydrogen-bond donors (Lipinski definition) is 14. The molecule has 3 aliphatic heterocycles. The summed E-state index contributed by atoms with van der Waals surface area (Å²) in [4.78, 5) is 38.6. The van der Waals surface area contributed by atoms with Gasteiger partial charge in [0.2, 0.25) is 11.8 Å². The van der Waals surface area contributed by atoms with Gasteiger partial charge in [-0.25, -0.2) is 4.79 Å². The number of carbonyl (C=O) groups excluding carboxylic acids is 2. The van der Waals surface area contributed by atoms with E-state index >= 15 is 0 Å². The largest absolute Gasteiger partial charge is 0.477 e. The van der Waals surface area contributed by atoms with E-state index < -0.39 is 148 Å². The maximum absolute atomic E-state index is 13.5. The normalized spacial score (nSPS) is 28.3. The van der Waals surface area contributed by atoms with Crippen LogP contribution in [0.5, 0.6) is 0 Å². The van der Waals surface area contributed by atoms with Crippen LogP contribution < -0.4 is 10.6 Å². The lowest BCUT2D eigenvalue weighted by molar-refractivity contribution is -0.386. The smallest absolute Gasteiger partial charge is 0.364 e. The van der Waals surface area contributed by atoms with Gasteiger partial charge in [0.1, 0.15) is 67.1 Å². The first-order valence-electron chi connectivity index (χ1n) is 36.0. The Morgan fingerprint density at radius 2 is 1.01 bits per heavy atom. The van der Waals surface area contributed by atoms with Gasteiger partial charge in [0.05, 0.1) is 50.7 Å². The van der Waals surface area contributed by atoms with Gasteiger partial charge in [-0.15, -0.1) is 0 Å². The van der Waals surface area contributed by atoms with E-state index in [1.807, 2.05) is 0 Å². The Balaban J connectivity index is 1.58. The van der Waals surface area contributed by atoms with Crippen molar-refractivity contribution < 1.29 is 104 Å². The number of aliphatic hydroxyl groups is 11. The van der Waals surface area contributed by atoms with E-state index in [0.29, 0.717) is 19.3 Å². The third kappa shape index (κ3) is 31.8. The molecule has 3 fully saturated rings. The van der Waals surface area contributed by atoms with Gasteiger partial charge in [-0.05, 0) is 38.5 Å². The van der Waals surface area contributed by atoms with E-state index in [9.17, 15) is 75.7 Å². The van der Waals surface area contributed by atoms with Crippen LogP contribution >= 0.6 is 0 Å². The number of aliphatic hydroxyl groups excluding tert-OH is 11. The first-order chi connectivity index (χ1) is 44.4. The molecule has 0 saturated carbocycles. The highest BCUT2D eigenvalue weighted by atomic mass is 16.8. The molecule has 0 aliphatic carbocycles. The summed E-state index contributed by atoms with van der Waals surface area (Å²) in [5.41, 5.74) is 0. The van der Waals surface area contributed by atoms with Gasteiger partial charge < -0.3 is 100 Å². The second-order valence-corrected chi connectivity index (χ2v) is 26.5. The molecule has 3 saturated heterocycles. The number of unbranched alkanes of at least 4 members (excludes halogenated alkanes) is 33. The Labute approximate surface area is 550 Å². The number of aliphatic carboxylic acids is 1. The zero-order valence-electron chi connectivity index (χ0n) is 56.4. The van der Waals surface area contributed by atoms with Gasteiger partial charge in [-0.1, -0.05) is 225 Å². The van der Waals surface area contributed by atoms with Crippen molar-refractivity contribution in [3.8, 4) is 0 Å². The number of carboxylic acid groups (broad SMARTS) is 1. The standard InChI is InChI=1S/C69H128N2O21/c1-4-6-8-10-12-14-16-18-20-22-23-24-25-26-27-28-30-32-34-36-38-40-42-51(76)50(71-56(79)43-41-39-37-35-33-31-29-21-19-17-15-13-11-9-7-5-2)48-87-66-61(83)60(82)63(55(47-74)89-66)90-67-62(84)65(59(81)54(46-73)88-67)92-69(68(85)86)44-52(77)57(70-49(3)75)64(91-69)58(80)53(78)45-72/h21,29,50-55,57-67,72-74,76-78,80-84H,4-20,22-28,30-48H2,1-3H3,(H,70,75)(H,71,79)(H,85,86)/b29-21-. The number of nitrogens with one attached hydrogen (secondary N) is 2. The monoisotopic (exact) mass is 1320 g/mol. The summed E-state index contributed by atoms with van der Waals surface area (Å²) in [5, 5.41) is 136. The van der Waals surface area contributed by atoms with Crippen molar-refractivity contribution in [1.29, 1.82) is 0 Å². The highest BCUT2D eigenvalue weighted by Gasteiger charge is 2.60. The van der Waals surface area contributed by atoms with Gasteiger partial charge >= 0.3 is 5.97 Å². The molecule has 0 aromatic carbocycles. The van der Waals surface area contributed by atoms with Gasteiger partial charge in [0.25, 0.3) is 5.79 Å². The number of amides is 2. The fourth-order valence-corrected chi connectivity index (χ4v) is 12.7. The van der Waals surface area contributed by atoms with E-state index in [4.69, 9.17) is 28.4 Å². The zero-order valence-corrected chi connectivity index (χ0v) is 56.4. The van der Waals surface area contributed by atoms with Crippen LogP contribution in [0.15, 0.2) is 12.2 Å². The fourth-order valence-electron chi connectivity index (χ4n) is 12.7. The lowest BCUT2D eigenvalue weighted by Crippen LogP contribution is -2.70. The Morgan fingerprint density at radius 1 is 0.554 bits per heavy atom. The molecule has 2 amide bonds. The van der Waals surface area contributed by atoms with Crippen LogP contribution in [0, 0.1) is 0 Å². The first-order valence-corrected chi connectivity index (χ1v) is 36.0. The van der Waals surface area contributed by atoms with Gasteiger partial charge in [0.15, 0.2) is 12.6 Å². The summed E-state index contributed by atoms with van der Waals surface area (Å²) in [7, 11) is 0. The second kappa shape index (κ2) is 49.9. The molecule has 18 unspecified atom stereocenters. The van der Waals surface area contributed by atoms with Gasteiger partial charge in [0, 0.05) is 19.8 Å². The van der Waals surface area contributed by atoms with Crippen LogP contribution in [0.2, 0.25) is 0 Å². The van der Waals surface area contributed by atoms with Crippen molar-refractivity contribution in [2.24, 2.45) is 0 Å². The molecule has 0 aromatic rings. The molecule has 3 rings (SSSR count). The van der Waals surface area contributed by atoms with Crippen LogP contribution in [-0.2, 0) is 42.8 Å². The number of rotatable bonds is 55. The number of carboxylic acids is 1. The number of allylic oxidation sites excluding steroid dienone is 2. The first kappa shape index (κ1) is 83.7. The molecule has 23 heteroatoms. The lowest BCUT2D eigenvalue weighted by atomic mass is 9.88. The van der Waals surface area contributed by atoms with Crippen molar-refractivity contribution in [2.45, 2.75) is 381 Å². The minimum Gasteiger partial charge on any atom is -0.477 e. The average molecular weight is 1320 g/mol. The van der Waals surface area contributed by atoms with Crippen molar-refractivity contribution in [1.82, 2.24) is 10.6 Å². The van der Waals surface area contributed by atoms with E-state index in [1.54, 1.807) is 0 Å². The zero-order chi connectivity index (χ0) is 67.5. The number of carbonyl (C=O) groups is 3. The topological polar surface area (TPSA) is 373 Å². The minimum atomic E-state index is -3.08. The molecule has 3 heterocycles. The second-order valence-electron chi connectivity index (χ2n) is 26.5. The van der Waals surface area contributed by atoms with Crippen LogP contribution in [0.4, 0.5) is 0 Å². The Kier molecular flexibility index (Phi) is 45.4. The third-order valence-electron chi connectivity index (χ3n) is 18.5. The summed E-state index contributed by atoms with van der Waals surface area (Å²) in [5.74, 6) is -6.11. The molecular weight excluding hydrogens is 1190 g/mol.